The highest BCUT2D eigenvalue weighted by molar-refractivity contribution is 5.95. The highest BCUT2D eigenvalue weighted by atomic mass is 16.5. The number of nitrogens with one attached hydrogen (secondary N) is 2. The lowest BCUT2D eigenvalue weighted by Crippen LogP contribution is -2.30. The fourth-order valence-corrected chi connectivity index (χ4v) is 2.49. The Labute approximate surface area is 143 Å². The molecule has 1 aliphatic rings. The third-order valence-corrected chi connectivity index (χ3v) is 3.93. The average Bonchev–Trinajstić information content (AvgIpc) is 3.34. The molecule has 2 N–H and O–H groups in total. The van der Waals surface area contributed by atoms with E-state index in [1.54, 1.807) is 30.6 Å². The molecular weight excluding hydrogens is 320 g/mol. The first-order valence-electron chi connectivity index (χ1n) is 8.06. The first kappa shape index (κ1) is 15.3. The first-order chi connectivity index (χ1) is 12.2. The van der Waals surface area contributed by atoms with Crippen molar-refractivity contribution in [3.8, 4) is 11.4 Å². The largest absolute Gasteiger partial charge is 0.452 e. The van der Waals surface area contributed by atoms with E-state index in [1.807, 2.05) is 12.1 Å². The number of carbonyl (C=O) groups excluding carboxylic acids is 2. The summed E-state index contributed by atoms with van der Waals surface area (Å²) >= 11 is 0. The van der Waals surface area contributed by atoms with Crippen molar-refractivity contribution in [2.24, 2.45) is 0 Å². The van der Waals surface area contributed by atoms with E-state index in [9.17, 15) is 9.59 Å². The molecule has 0 saturated heterocycles. The zero-order valence-electron chi connectivity index (χ0n) is 13.4. The van der Waals surface area contributed by atoms with E-state index in [4.69, 9.17) is 4.74 Å². The van der Waals surface area contributed by atoms with Gasteiger partial charge in [-0.05, 0) is 43.2 Å². The Hall–Kier alpha value is -3.22. The highest BCUT2D eigenvalue weighted by Gasteiger charge is 2.23. The topological polar surface area (TPSA) is 97.0 Å². The number of ether oxygens (including phenoxy) is 1. The number of rotatable bonds is 5. The van der Waals surface area contributed by atoms with Gasteiger partial charge in [-0.3, -0.25) is 9.78 Å². The van der Waals surface area contributed by atoms with Crippen LogP contribution in [0.25, 0.3) is 22.4 Å². The molecule has 7 nitrogen and oxygen atoms in total. The zero-order chi connectivity index (χ0) is 17.2. The Kier molecular flexibility index (Phi) is 3.89. The normalized spacial score (nSPS) is 13.6. The molecule has 0 bridgehead atoms. The molecule has 0 aliphatic heterocycles. The van der Waals surface area contributed by atoms with Gasteiger partial charge < -0.3 is 15.0 Å². The molecule has 2 aromatic heterocycles. The van der Waals surface area contributed by atoms with E-state index in [0.29, 0.717) is 11.4 Å². The van der Waals surface area contributed by atoms with Crippen LogP contribution in [0.4, 0.5) is 0 Å². The van der Waals surface area contributed by atoms with Gasteiger partial charge in [-0.1, -0.05) is 0 Å². The predicted molar refractivity (Wildman–Crippen MR) is 90.8 cm³/mol. The van der Waals surface area contributed by atoms with Crippen LogP contribution in [0.2, 0.25) is 0 Å². The number of nitrogens with zero attached hydrogens (tertiary/aromatic N) is 2. The molecule has 1 saturated carbocycles. The molecule has 1 fully saturated rings. The van der Waals surface area contributed by atoms with Gasteiger partial charge in [0.25, 0.3) is 5.91 Å². The van der Waals surface area contributed by atoms with Crippen LogP contribution >= 0.6 is 0 Å². The zero-order valence-corrected chi connectivity index (χ0v) is 13.4. The van der Waals surface area contributed by atoms with Crippen molar-refractivity contribution >= 4 is 22.9 Å². The molecule has 3 aromatic rings. The summed E-state index contributed by atoms with van der Waals surface area (Å²) in [7, 11) is 0. The number of aromatic nitrogens is 3. The molecule has 0 radical (unpaired) electrons. The van der Waals surface area contributed by atoms with Crippen LogP contribution in [0.5, 0.6) is 0 Å². The van der Waals surface area contributed by atoms with Crippen LogP contribution in [0.15, 0.2) is 42.7 Å². The van der Waals surface area contributed by atoms with Gasteiger partial charge in [0.2, 0.25) is 0 Å². The second kappa shape index (κ2) is 6.35. The molecule has 0 spiro atoms. The van der Waals surface area contributed by atoms with Crippen molar-refractivity contribution in [3.05, 3.63) is 48.3 Å². The summed E-state index contributed by atoms with van der Waals surface area (Å²) in [4.78, 5) is 35.4. The molecule has 2 heterocycles. The maximum atomic E-state index is 12.1. The summed E-state index contributed by atoms with van der Waals surface area (Å²) in [5.74, 6) is -0.125. The molecule has 7 heteroatoms. The van der Waals surface area contributed by atoms with E-state index < -0.39 is 5.97 Å². The SMILES string of the molecule is O=C(COC(=O)c1ccc2nc(-c3cccnc3)[nH]c2c1)NC1CC1. The molecule has 1 aromatic carbocycles. The number of carbonyl (C=O) groups is 2. The van der Waals surface area contributed by atoms with Gasteiger partial charge in [0.1, 0.15) is 5.82 Å². The van der Waals surface area contributed by atoms with Gasteiger partial charge in [-0.2, -0.15) is 0 Å². The van der Waals surface area contributed by atoms with Crippen LogP contribution in [-0.2, 0) is 9.53 Å². The number of imidazole rings is 1. The minimum absolute atomic E-state index is 0.249. The molecule has 25 heavy (non-hydrogen) atoms. The Morgan fingerprint density at radius 1 is 1.28 bits per heavy atom. The second-order valence-corrected chi connectivity index (χ2v) is 5.98. The quantitative estimate of drug-likeness (QED) is 0.695. The Morgan fingerprint density at radius 2 is 2.16 bits per heavy atom. The average molecular weight is 336 g/mol. The number of hydrogen-bond donors (Lipinski definition) is 2. The summed E-state index contributed by atoms with van der Waals surface area (Å²) in [6.07, 6.45) is 5.40. The lowest BCUT2D eigenvalue weighted by molar-refractivity contribution is -0.124. The van der Waals surface area contributed by atoms with E-state index in [-0.39, 0.29) is 18.6 Å². The first-order valence-corrected chi connectivity index (χ1v) is 8.06. The standard InChI is InChI=1S/C18H16N4O3/c23-16(20-13-4-5-13)10-25-18(24)11-3-6-14-15(8-11)22-17(21-14)12-2-1-7-19-9-12/h1-3,6-9,13H,4-5,10H2,(H,20,23)(H,21,22). The summed E-state index contributed by atoms with van der Waals surface area (Å²) in [5.41, 5.74) is 2.69. The Bertz CT molecular complexity index is 932. The predicted octanol–water partition coefficient (Wildman–Crippen LogP) is 2.06. The maximum absolute atomic E-state index is 12.1. The fraction of sp³-hybridized carbons (Fsp3) is 0.222. The van der Waals surface area contributed by atoms with Gasteiger partial charge in [0.05, 0.1) is 16.6 Å². The maximum Gasteiger partial charge on any atom is 0.338 e. The van der Waals surface area contributed by atoms with Crippen LogP contribution in [0.1, 0.15) is 23.2 Å². The number of esters is 1. The molecule has 1 amide bonds. The third kappa shape index (κ3) is 3.50. The van der Waals surface area contributed by atoms with Crippen LogP contribution in [0, 0.1) is 0 Å². The number of hydrogen-bond acceptors (Lipinski definition) is 5. The van der Waals surface area contributed by atoms with E-state index in [0.717, 1.165) is 29.4 Å². The van der Waals surface area contributed by atoms with Crippen LogP contribution < -0.4 is 5.32 Å². The van der Waals surface area contributed by atoms with E-state index in [2.05, 4.69) is 20.3 Å². The summed E-state index contributed by atoms with van der Waals surface area (Å²) < 4.78 is 5.06. The minimum Gasteiger partial charge on any atom is -0.452 e. The number of aromatic amines is 1. The molecule has 1 aliphatic carbocycles. The van der Waals surface area contributed by atoms with E-state index >= 15 is 0 Å². The van der Waals surface area contributed by atoms with Gasteiger partial charge in [0, 0.05) is 24.0 Å². The smallest absolute Gasteiger partial charge is 0.338 e. The molecule has 4 rings (SSSR count). The van der Waals surface area contributed by atoms with Crippen LogP contribution in [-0.4, -0.2) is 39.5 Å². The van der Waals surface area contributed by atoms with Crippen molar-refractivity contribution in [2.75, 3.05) is 6.61 Å². The number of amides is 1. The Balaban J connectivity index is 1.48. The van der Waals surface area contributed by atoms with Crippen molar-refractivity contribution in [3.63, 3.8) is 0 Å². The van der Waals surface area contributed by atoms with Crippen molar-refractivity contribution in [1.82, 2.24) is 20.3 Å². The summed E-state index contributed by atoms with van der Waals surface area (Å²) in [6.45, 7) is -0.267. The van der Waals surface area contributed by atoms with Crippen LogP contribution in [0.3, 0.4) is 0 Å². The van der Waals surface area contributed by atoms with Crippen molar-refractivity contribution in [2.45, 2.75) is 18.9 Å². The highest BCUT2D eigenvalue weighted by Crippen LogP contribution is 2.21. The molecular formula is C18H16N4O3. The van der Waals surface area contributed by atoms with Gasteiger partial charge in [-0.25, -0.2) is 9.78 Å². The van der Waals surface area contributed by atoms with E-state index in [1.165, 1.54) is 0 Å². The summed E-state index contributed by atoms with van der Waals surface area (Å²) in [6, 6.07) is 9.03. The molecule has 0 unspecified atom stereocenters. The lowest BCUT2D eigenvalue weighted by Gasteiger charge is -2.05. The summed E-state index contributed by atoms with van der Waals surface area (Å²) in [5, 5.41) is 2.77. The molecule has 0 atom stereocenters. The number of fused-ring (bicyclic) bond motifs is 1. The number of pyridine rings is 1. The van der Waals surface area contributed by atoms with Gasteiger partial charge >= 0.3 is 5.97 Å². The van der Waals surface area contributed by atoms with Crippen molar-refractivity contribution in [1.29, 1.82) is 0 Å². The number of benzene rings is 1. The Morgan fingerprint density at radius 3 is 2.92 bits per heavy atom. The number of H-pyrrole nitrogens is 1. The monoisotopic (exact) mass is 336 g/mol. The van der Waals surface area contributed by atoms with Gasteiger partial charge in [-0.15, -0.1) is 0 Å². The second-order valence-electron chi connectivity index (χ2n) is 5.98. The fourth-order valence-electron chi connectivity index (χ4n) is 2.49. The third-order valence-electron chi connectivity index (χ3n) is 3.93. The lowest BCUT2D eigenvalue weighted by atomic mass is 10.2. The minimum atomic E-state index is -0.537. The molecule has 126 valence electrons. The van der Waals surface area contributed by atoms with Gasteiger partial charge in [0.15, 0.2) is 6.61 Å². The van der Waals surface area contributed by atoms with Crippen molar-refractivity contribution < 1.29 is 14.3 Å².